The molecule has 0 unspecified atom stereocenters. The van der Waals surface area contributed by atoms with Gasteiger partial charge in [-0.15, -0.1) is 0 Å². The SMILES string of the molecule is Cn1ccc2c(C(=O)NCc3cnn(-c4ccc(Cl)cc4)c3)cccc21. The van der Waals surface area contributed by atoms with Crippen molar-refractivity contribution in [3.05, 3.63) is 83.3 Å². The second-order valence-electron chi connectivity index (χ2n) is 6.12. The number of carbonyl (C=O) groups excluding carboxylic acids is 1. The fourth-order valence-electron chi connectivity index (χ4n) is 2.96. The Morgan fingerprint density at radius 3 is 2.77 bits per heavy atom. The Labute approximate surface area is 155 Å². The Hall–Kier alpha value is -3.05. The van der Waals surface area contributed by atoms with Gasteiger partial charge in [-0.05, 0) is 42.5 Å². The largest absolute Gasteiger partial charge is 0.351 e. The number of aromatic nitrogens is 3. The Morgan fingerprint density at radius 1 is 1.15 bits per heavy atom. The molecule has 0 fully saturated rings. The van der Waals surface area contributed by atoms with Crippen LogP contribution in [0.15, 0.2) is 67.1 Å². The predicted octanol–water partition coefficient (Wildman–Crippen LogP) is 3.95. The van der Waals surface area contributed by atoms with Crippen LogP contribution in [0, 0.1) is 0 Å². The number of fused-ring (bicyclic) bond motifs is 1. The molecule has 0 bridgehead atoms. The highest BCUT2D eigenvalue weighted by Crippen LogP contribution is 2.19. The van der Waals surface area contributed by atoms with E-state index in [0.717, 1.165) is 22.2 Å². The predicted molar refractivity (Wildman–Crippen MR) is 103 cm³/mol. The van der Waals surface area contributed by atoms with E-state index >= 15 is 0 Å². The molecular weight excluding hydrogens is 348 g/mol. The van der Waals surface area contributed by atoms with E-state index in [1.807, 2.05) is 72.5 Å². The van der Waals surface area contributed by atoms with Gasteiger partial charge in [0.25, 0.3) is 5.91 Å². The van der Waals surface area contributed by atoms with E-state index in [1.54, 1.807) is 10.9 Å². The summed E-state index contributed by atoms with van der Waals surface area (Å²) in [5.74, 6) is -0.0963. The van der Waals surface area contributed by atoms with Crippen molar-refractivity contribution in [2.75, 3.05) is 0 Å². The smallest absolute Gasteiger partial charge is 0.252 e. The van der Waals surface area contributed by atoms with Crippen LogP contribution in [0.25, 0.3) is 16.6 Å². The summed E-state index contributed by atoms with van der Waals surface area (Å²) in [6.45, 7) is 0.412. The van der Waals surface area contributed by atoms with Crippen LogP contribution in [-0.4, -0.2) is 20.3 Å². The molecule has 2 aromatic heterocycles. The van der Waals surface area contributed by atoms with E-state index in [1.165, 1.54) is 0 Å². The van der Waals surface area contributed by atoms with Gasteiger partial charge in [0.1, 0.15) is 0 Å². The number of amides is 1. The first-order chi connectivity index (χ1) is 12.6. The molecule has 0 spiro atoms. The number of halogens is 1. The number of rotatable bonds is 4. The average molecular weight is 365 g/mol. The number of aryl methyl sites for hydroxylation is 1. The molecule has 1 N–H and O–H groups in total. The topological polar surface area (TPSA) is 51.9 Å². The van der Waals surface area contributed by atoms with Gasteiger partial charge in [-0.25, -0.2) is 4.68 Å². The molecule has 26 heavy (non-hydrogen) atoms. The first kappa shape index (κ1) is 16.4. The Bertz CT molecular complexity index is 1080. The third kappa shape index (κ3) is 3.09. The summed E-state index contributed by atoms with van der Waals surface area (Å²) < 4.78 is 3.76. The lowest BCUT2D eigenvalue weighted by atomic mass is 10.1. The number of hydrogen-bond acceptors (Lipinski definition) is 2. The minimum absolute atomic E-state index is 0.0963. The van der Waals surface area contributed by atoms with Gasteiger partial charge in [0.05, 0.1) is 11.9 Å². The summed E-state index contributed by atoms with van der Waals surface area (Å²) in [5, 5.41) is 8.94. The van der Waals surface area contributed by atoms with Crippen LogP contribution < -0.4 is 5.32 Å². The quantitative estimate of drug-likeness (QED) is 0.596. The number of hydrogen-bond donors (Lipinski definition) is 1. The fourth-order valence-corrected chi connectivity index (χ4v) is 3.09. The molecule has 4 aromatic rings. The van der Waals surface area contributed by atoms with Crippen LogP contribution in [0.1, 0.15) is 15.9 Å². The average Bonchev–Trinajstić information content (AvgIpc) is 3.27. The van der Waals surface area contributed by atoms with E-state index in [2.05, 4.69) is 10.4 Å². The molecule has 0 aliphatic heterocycles. The highest BCUT2D eigenvalue weighted by atomic mass is 35.5. The van der Waals surface area contributed by atoms with Crippen molar-refractivity contribution in [1.82, 2.24) is 19.7 Å². The van der Waals surface area contributed by atoms with Gasteiger partial charge in [-0.2, -0.15) is 5.10 Å². The lowest BCUT2D eigenvalue weighted by Gasteiger charge is -2.06. The van der Waals surface area contributed by atoms with Gasteiger partial charge in [0, 0.05) is 53.0 Å². The minimum atomic E-state index is -0.0963. The first-order valence-electron chi connectivity index (χ1n) is 8.23. The minimum Gasteiger partial charge on any atom is -0.351 e. The van der Waals surface area contributed by atoms with Gasteiger partial charge in [-0.3, -0.25) is 4.79 Å². The Morgan fingerprint density at radius 2 is 1.96 bits per heavy atom. The molecule has 0 aliphatic rings. The monoisotopic (exact) mass is 364 g/mol. The Kier molecular flexibility index (Phi) is 4.22. The molecule has 6 heteroatoms. The van der Waals surface area contributed by atoms with E-state index < -0.39 is 0 Å². The molecule has 0 aliphatic carbocycles. The number of benzene rings is 2. The molecule has 4 rings (SSSR count). The molecule has 5 nitrogen and oxygen atoms in total. The molecule has 2 heterocycles. The molecule has 0 radical (unpaired) electrons. The highest BCUT2D eigenvalue weighted by molar-refractivity contribution is 6.30. The van der Waals surface area contributed by atoms with E-state index in [9.17, 15) is 4.79 Å². The van der Waals surface area contributed by atoms with Crippen LogP contribution in [0.5, 0.6) is 0 Å². The van der Waals surface area contributed by atoms with Gasteiger partial charge in [0.15, 0.2) is 0 Å². The standard InChI is InChI=1S/C20H17ClN4O/c1-24-10-9-17-18(3-2-4-19(17)24)20(26)22-11-14-12-23-25(13-14)16-7-5-15(21)6-8-16/h2-10,12-13H,11H2,1H3,(H,22,26). The second-order valence-corrected chi connectivity index (χ2v) is 6.55. The summed E-state index contributed by atoms with van der Waals surface area (Å²) in [6, 6.07) is 15.1. The van der Waals surface area contributed by atoms with Crippen LogP contribution in [-0.2, 0) is 13.6 Å². The summed E-state index contributed by atoms with van der Waals surface area (Å²) in [4.78, 5) is 12.6. The van der Waals surface area contributed by atoms with Crippen molar-refractivity contribution in [1.29, 1.82) is 0 Å². The maximum Gasteiger partial charge on any atom is 0.252 e. The third-order valence-corrected chi connectivity index (χ3v) is 4.60. The number of nitrogens with one attached hydrogen (secondary N) is 1. The zero-order chi connectivity index (χ0) is 18.1. The molecule has 1 amide bonds. The zero-order valence-electron chi connectivity index (χ0n) is 14.2. The molecule has 0 saturated carbocycles. The van der Waals surface area contributed by atoms with Gasteiger partial charge in [-0.1, -0.05) is 17.7 Å². The second kappa shape index (κ2) is 6.69. The lowest BCUT2D eigenvalue weighted by molar-refractivity contribution is 0.0952. The summed E-state index contributed by atoms with van der Waals surface area (Å²) in [5.41, 5.74) is 3.55. The van der Waals surface area contributed by atoms with Crippen LogP contribution in [0.3, 0.4) is 0 Å². The van der Waals surface area contributed by atoms with Crippen molar-refractivity contribution in [2.45, 2.75) is 6.54 Å². The first-order valence-corrected chi connectivity index (χ1v) is 8.61. The Balaban J connectivity index is 1.49. The summed E-state index contributed by atoms with van der Waals surface area (Å²) in [7, 11) is 1.97. The van der Waals surface area contributed by atoms with Crippen molar-refractivity contribution < 1.29 is 4.79 Å². The fraction of sp³-hybridized carbons (Fsp3) is 0.100. The summed E-state index contributed by atoms with van der Waals surface area (Å²) in [6.07, 6.45) is 5.60. The van der Waals surface area contributed by atoms with Gasteiger partial charge >= 0.3 is 0 Å². The number of carbonyl (C=O) groups is 1. The normalized spacial score (nSPS) is 11.0. The summed E-state index contributed by atoms with van der Waals surface area (Å²) >= 11 is 5.91. The molecule has 130 valence electrons. The van der Waals surface area contributed by atoms with Crippen LogP contribution in [0.2, 0.25) is 5.02 Å². The van der Waals surface area contributed by atoms with Crippen LogP contribution >= 0.6 is 11.6 Å². The highest BCUT2D eigenvalue weighted by Gasteiger charge is 2.11. The van der Waals surface area contributed by atoms with Crippen molar-refractivity contribution in [3.63, 3.8) is 0 Å². The maximum absolute atomic E-state index is 12.6. The van der Waals surface area contributed by atoms with Crippen molar-refractivity contribution in [2.24, 2.45) is 7.05 Å². The van der Waals surface area contributed by atoms with Crippen LogP contribution in [0.4, 0.5) is 0 Å². The molecule has 2 aromatic carbocycles. The van der Waals surface area contributed by atoms with E-state index in [4.69, 9.17) is 11.6 Å². The zero-order valence-corrected chi connectivity index (χ0v) is 14.9. The molecule has 0 saturated heterocycles. The molecule has 0 atom stereocenters. The van der Waals surface area contributed by atoms with Crippen molar-refractivity contribution in [3.8, 4) is 5.69 Å². The van der Waals surface area contributed by atoms with Gasteiger partial charge < -0.3 is 9.88 Å². The number of nitrogens with zero attached hydrogens (tertiary/aromatic N) is 3. The van der Waals surface area contributed by atoms with E-state index in [-0.39, 0.29) is 5.91 Å². The van der Waals surface area contributed by atoms with E-state index in [0.29, 0.717) is 17.1 Å². The van der Waals surface area contributed by atoms with Crippen molar-refractivity contribution >= 4 is 28.4 Å². The maximum atomic E-state index is 12.6. The third-order valence-electron chi connectivity index (χ3n) is 4.35. The molecular formula is C20H17ClN4O. The van der Waals surface area contributed by atoms with Gasteiger partial charge in [0.2, 0.25) is 0 Å². The lowest BCUT2D eigenvalue weighted by Crippen LogP contribution is -2.22.